The van der Waals surface area contributed by atoms with Crippen molar-refractivity contribution in [2.75, 3.05) is 40.5 Å². The summed E-state index contributed by atoms with van der Waals surface area (Å²) in [6, 6.07) is 0.357. The maximum atomic E-state index is 10.1. The molecule has 0 aromatic carbocycles. The molecular weight excluding hydrogens is 490 g/mol. The summed E-state index contributed by atoms with van der Waals surface area (Å²) >= 11 is 0. The van der Waals surface area contributed by atoms with Gasteiger partial charge in [-0.25, -0.2) is 0 Å². The monoisotopic (exact) mass is 545 g/mol. The minimum atomic E-state index is -0.979. The molecule has 0 aliphatic heterocycles. The first-order chi connectivity index (χ1) is 16.6. The summed E-state index contributed by atoms with van der Waals surface area (Å²) in [5.74, 6) is 0. The van der Waals surface area contributed by atoms with Crippen molar-refractivity contribution in [3.8, 4) is 0 Å². The van der Waals surface area contributed by atoms with E-state index in [4.69, 9.17) is 5.11 Å². The van der Waals surface area contributed by atoms with Crippen molar-refractivity contribution < 1.29 is 58.2 Å². The van der Waals surface area contributed by atoms with Crippen LogP contribution in [0.4, 0.5) is 0 Å². The van der Waals surface area contributed by atoms with Gasteiger partial charge in [-0.3, -0.25) is 0 Å². The Kier molecular flexibility index (Phi) is 24.2. The largest absolute Gasteiger partial charge is 1.00 e. The molecule has 5 atom stereocenters. The molecule has 9 nitrogen and oxygen atoms in total. The Morgan fingerprint density at radius 1 is 0.556 bits per heavy atom. The number of rotatable bonds is 24. The van der Waals surface area contributed by atoms with E-state index in [1.807, 2.05) is 0 Å². The second-order valence-corrected chi connectivity index (χ2v) is 10.8. The third-order valence-corrected chi connectivity index (χ3v) is 7.23. The summed E-state index contributed by atoms with van der Waals surface area (Å²) in [4.78, 5) is 1.30. The van der Waals surface area contributed by atoms with Gasteiger partial charge in [-0.05, 0) is 43.9 Å². The molecule has 0 heterocycles. The average Bonchev–Trinajstić information content (AvgIpc) is 2.83. The number of aliphatic hydroxyl groups excluding tert-OH is 8. The number of unbranched alkanes of at least 4 members (excludes halogenated alkanes) is 7. The molecule has 0 bridgehead atoms. The van der Waals surface area contributed by atoms with Crippen molar-refractivity contribution in [3.63, 3.8) is 0 Å². The lowest BCUT2D eigenvalue weighted by Crippen LogP contribution is -3.10. The van der Waals surface area contributed by atoms with Crippen LogP contribution >= 0.6 is 0 Å². The van der Waals surface area contributed by atoms with Crippen molar-refractivity contribution in [1.82, 2.24) is 0 Å². The SMILES string of the molecule is C[NH+](C)C(CCCCCCCCCCC(CC(O)CO)(CC(O)CO)CC(O)CO)CC(O)CO.[Cl-]. The Bertz CT molecular complexity index is 458. The number of halogens is 1. The van der Waals surface area contributed by atoms with E-state index in [9.17, 15) is 35.7 Å². The van der Waals surface area contributed by atoms with Gasteiger partial charge < -0.3 is 58.2 Å². The maximum absolute atomic E-state index is 10.1. The maximum Gasteiger partial charge on any atom is 0.0896 e. The molecule has 0 radical (unpaired) electrons. The molecule has 36 heavy (non-hydrogen) atoms. The van der Waals surface area contributed by atoms with Crippen LogP contribution in [0.15, 0.2) is 0 Å². The van der Waals surface area contributed by atoms with Crippen LogP contribution in [0.3, 0.4) is 0 Å². The smallest absolute Gasteiger partial charge is 0.0896 e. The number of hydrogen-bond acceptors (Lipinski definition) is 8. The third-order valence-electron chi connectivity index (χ3n) is 7.23. The van der Waals surface area contributed by atoms with Crippen LogP contribution in [0.2, 0.25) is 0 Å². The van der Waals surface area contributed by atoms with Gasteiger partial charge in [0.05, 0.1) is 71.0 Å². The lowest BCUT2D eigenvalue weighted by molar-refractivity contribution is -0.887. The number of quaternary nitrogens is 1. The molecule has 220 valence electrons. The van der Waals surface area contributed by atoms with E-state index < -0.39 is 49.7 Å². The molecule has 5 unspecified atom stereocenters. The molecule has 0 amide bonds. The Morgan fingerprint density at radius 3 is 1.28 bits per heavy atom. The van der Waals surface area contributed by atoms with E-state index >= 15 is 0 Å². The fraction of sp³-hybridized carbons (Fsp3) is 1.00. The first kappa shape index (κ1) is 38.1. The van der Waals surface area contributed by atoms with Crippen LogP contribution in [0.1, 0.15) is 89.9 Å². The standard InChI is InChI=1S/C26H55NO8.ClH/c1-27(2)21(13-22(32)17-28)11-9-7-5-3-4-6-8-10-12-26(14-23(33)18-29,15-24(34)19-30)16-25(35)20-31;/h21-25,28-35H,3-20H2,1-2H3;1H. The van der Waals surface area contributed by atoms with Crippen LogP contribution in [0, 0.1) is 5.41 Å². The van der Waals surface area contributed by atoms with Crippen LogP contribution in [-0.4, -0.2) is 112 Å². The van der Waals surface area contributed by atoms with Gasteiger partial charge in [0.15, 0.2) is 0 Å². The van der Waals surface area contributed by atoms with E-state index in [1.165, 1.54) is 4.90 Å². The van der Waals surface area contributed by atoms with Crippen molar-refractivity contribution in [2.24, 2.45) is 5.41 Å². The van der Waals surface area contributed by atoms with Gasteiger partial charge in [0, 0.05) is 6.42 Å². The van der Waals surface area contributed by atoms with Crippen LogP contribution in [-0.2, 0) is 0 Å². The van der Waals surface area contributed by atoms with Gasteiger partial charge in [0.1, 0.15) is 0 Å². The van der Waals surface area contributed by atoms with Gasteiger partial charge in [-0.1, -0.05) is 44.9 Å². The summed E-state index contributed by atoms with van der Waals surface area (Å²) in [5, 5.41) is 76.9. The number of aliphatic hydroxyl groups is 8. The third kappa shape index (κ3) is 18.2. The first-order valence-electron chi connectivity index (χ1n) is 13.6. The first-order valence-corrected chi connectivity index (χ1v) is 13.6. The van der Waals surface area contributed by atoms with Gasteiger partial charge in [0.25, 0.3) is 0 Å². The van der Waals surface area contributed by atoms with Crippen LogP contribution < -0.4 is 17.3 Å². The highest BCUT2D eigenvalue weighted by Crippen LogP contribution is 2.40. The zero-order chi connectivity index (χ0) is 26.7. The van der Waals surface area contributed by atoms with E-state index in [0.29, 0.717) is 18.9 Å². The fourth-order valence-electron chi connectivity index (χ4n) is 5.25. The normalized spacial score (nSPS) is 17.8. The highest BCUT2D eigenvalue weighted by Gasteiger charge is 2.36. The Morgan fingerprint density at radius 2 is 0.917 bits per heavy atom. The molecule has 0 saturated heterocycles. The molecule has 0 aliphatic rings. The number of hydrogen-bond donors (Lipinski definition) is 9. The molecule has 0 spiro atoms. The van der Waals surface area contributed by atoms with E-state index in [1.54, 1.807) is 0 Å². The Balaban J connectivity index is 0. The van der Waals surface area contributed by atoms with Gasteiger partial charge in [0.2, 0.25) is 0 Å². The molecule has 0 rings (SSSR count). The van der Waals surface area contributed by atoms with Crippen LogP contribution in [0.5, 0.6) is 0 Å². The van der Waals surface area contributed by atoms with Gasteiger partial charge >= 0.3 is 0 Å². The molecule has 0 aliphatic carbocycles. The summed E-state index contributed by atoms with van der Waals surface area (Å²) in [7, 11) is 4.17. The summed E-state index contributed by atoms with van der Waals surface area (Å²) in [6.45, 7) is -1.42. The molecule has 0 saturated carbocycles. The van der Waals surface area contributed by atoms with E-state index in [0.717, 1.165) is 57.8 Å². The molecule has 0 aromatic rings. The average molecular weight is 546 g/mol. The zero-order valence-electron chi connectivity index (χ0n) is 22.6. The highest BCUT2D eigenvalue weighted by molar-refractivity contribution is 4.87. The van der Waals surface area contributed by atoms with Gasteiger partial charge in [-0.15, -0.1) is 0 Å². The quantitative estimate of drug-likeness (QED) is 0.0560. The van der Waals surface area contributed by atoms with Gasteiger partial charge in [-0.2, -0.15) is 0 Å². The highest BCUT2D eigenvalue weighted by atomic mass is 35.5. The van der Waals surface area contributed by atoms with Crippen molar-refractivity contribution in [1.29, 1.82) is 0 Å². The summed E-state index contributed by atoms with van der Waals surface area (Å²) in [5.41, 5.74) is -0.666. The van der Waals surface area contributed by atoms with Crippen molar-refractivity contribution in [2.45, 2.75) is 120 Å². The predicted molar refractivity (Wildman–Crippen MR) is 136 cm³/mol. The molecule has 9 N–H and O–H groups in total. The summed E-state index contributed by atoms with van der Waals surface area (Å²) in [6.07, 6.45) is 7.90. The van der Waals surface area contributed by atoms with Crippen molar-refractivity contribution in [3.05, 3.63) is 0 Å². The topological polar surface area (TPSA) is 166 Å². The summed E-state index contributed by atoms with van der Waals surface area (Å²) < 4.78 is 0. The molecule has 0 fully saturated rings. The molecule has 10 heteroatoms. The number of nitrogens with one attached hydrogen (secondary N) is 1. The molecule has 0 aromatic heterocycles. The van der Waals surface area contributed by atoms with Crippen molar-refractivity contribution >= 4 is 0 Å². The second kappa shape index (κ2) is 22.9. The lowest BCUT2D eigenvalue weighted by Gasteiger charge is -2.38. The second-order valence-electron chi connectivity index (χ2n) is 10.8. The van der Waals surface area contributed by atoms with E-state index in [-0.39, 0.29) is 38.3 Å². The lowest BCUT2D eigenvalue weighted by atomic mass is 9.70. The fourth-order valence-corrected chi connectivity index (χ4v) is 5.25. The van der Waals surface area contributed by atoms with Crippen LogP contribution in [0.25, 0.3) is 0 Å². The minimum Gasteiger partial charge on any atom is -1.00 e. The van der Waals surface area contributed by atoms with E-state index in [2.05, 4.69) is 14.1 Å². The minimum absolute atomic E-state index is 0. The molecular formula is C26H56ClNO8. The zero-order valence-corrected chi connectivity index (χ0v) is 23.3. The Labute approximate surface area is 224 Å². The Hall–Kier alpha value is -0.0700. The predicted octanol–water partition coefficient (Wildman–Crippen LogP) is -3.64.